The van der Waals surface area contributed by atoms with Gasteiger partial charge in [0.1, 0.15) is 24.4 Å². The summed E-state index contributed by atoms with van der Waals surface area (Å²) in [5, 5.41) is 45.2. The van der Waals surface area contributed by atoms with Crippen molar-refractivity contribution in [3.05, 3.63) is 12.2 Å². The van der Waals surface area contributed by atoms with E-state index in [9.17, 15) is 38.2 Å². The molecular formula is C59H115NO11S. The smallest absolute Gasteiger partial charge is 0.394 e. The van der Waals surface area contributed by atoms with Crippen LogP contribution in [0.2, 0.25) is 0 Å². The number of aliphatic hydroxyl groups excluding tert-OH is 4. The van der Waals surface area contributed by atoms with Crippen molar-refractivity contribution in [3.63, 3.8) is 0 Å². The zero-order valence-electron chi connectivity index (χ0n) is 46.5. The molecule has 7 atom stereocenters. The third kappa shape index (κ3) is 41.1. The van der Waals surface area contributed by atoms with Gasteiger partial charge in [0.15, 0.2) is 6.29 Å². The predicted octanol–water partition coefficient (Wildman–Crippen LogP) is 14.6. The molecule has 1 amide bonds. The molecule has 0 aromatic rings. The normalized spacial score (nSPS) is 19.3. The second-order valence-electron chi connectivity index (χ2n) is 21.6. The number of ether oxygens (including phenoxy) is 2. The SMILES string of the molecule is CCCCCCCCCCCCCC/C=C\CCCCCCCCCCCCC(=O)NC(COC1OC(CO)C(O)C(OS(=O)(=O)O)C1O)C(O)CCCCCCCCCCCCCCCCCCCCC. The highest BCUT2D eigenvalue weighted by Gasteiger charge is 2.48. The fraction of sp³-hybridized carbons (Fsp3) is 0.949. The lowest BCUT2D eigenvalue weighted by Gasteiger charge is -2.41. The van der Waals surface area contributed by atoms with Gasteiger partial charge in [-0.2, -0.15) is 8.42 Å². The zero-order valence-corrected chi connectivity index (χ0v) is 47.3. The van der Waals surface area contributed by atoms with E-state index >= 15 is 0 Å². The van der Waals surface area contributed by atoms with Crippen molar-refractivity contribution in [1.82, 2.24) is 5.32 Å². The number of rotatable bonds is 54. The summed E-state index contributed by atoms with van der Waals surface area (Å²) in [6.07, 6.45) is 50.8. The van der Waals surface area contributed by atoms with Crippen LogP contribution in [-0.2, 0) is 28.9 Å². The van der Waals surface area contributed by atoms with Crippen LogP contribution in [0.1, 0.15) is 303 Å². The van der Waals surface area contributed by atoms with Gasteiger partial charge >= 0.3 is 10.4 Å². The summed E-state index contributed by atoms with van der Waals surface area (Å²) in [7, 11) is -5.08. The lowest BCUT2D eigenvalue weighted by Crippen LogP contribution is -2.61. The van der Waals surface area contributed by atoms with E-state index in [0.29, 0.717) is 12.8 Å². The minimum atomic E-state index is -5.08. The zero-order chi connectivity index (χ0) is 52.6. The van der Waals surface area contributed by atoms with E-state index in [1.54, 1.807) is 0 Å². The maximum atomic E-state index is 13.2. The molecule has 0 aliphatic carbocycles. The standard InChI is InChI=1S/C59H115NO11S/c1-3-5-7-9-11-13-15-17-19-21-23-24-25-26-27-28-29-31-33-35-37-39-41-43-45-47-49-55(63)60-52(51-69-59-57(65)58(71-72(66,67)68)56(64)54(50-61)70-59)53(62)48-46-44-42-40-38-36-34-32-30-22-20-18-16-14-12-10-8-6-4-2/h26-27,52-54,56-59,61-62,64-65H,3-25,28-51H2,1-2H3,(H,60,63)(H,66,67,68)/b27-26-. The van der Waals surface area contributed by atoms with Crippen LogP contribution < -0.4 is 5.32 Å². The van der Waals surface area contributed by atoms with Gasteiger partial charge in [0, 0.05) is 6.42 Å². The maximum absolute atomic E-state index is 13.2. The van der Waals surface area contributed by atoms with Crippen LogP contribution in [0, 0.1) is 0 Å². The summed E-state index contributed by atoms with van der Waals surface area (Å²) in [5.41, 5.74) is 0. The summed E-state index contributed by atoms with van der Waals surface area (Å²) in [5.74, 6) is -0.226. The molecule has 0 saturated carbocycles. The molecule has 1 aliphatic heterocycles. The highest BCUT2D eigenvalue weighted by Crippen LogP contribution is 2.26. The number of aliphatic hydroxyl groups is 4. The van der Waals surface area contributed by atoms with E-state index < -0.39 is 59.9 Å². The first-order valence-electron chi connectivity index (χ1n) is 30.6. The Hall–Kier alpha value is -1.16. The Bertz CT molecular complexity index is 1320. The Labute approximate surface area is 442 Å². The van der Waals surface area contributed by atoms with Crippen LogP contribution in [0.15, 0.2) is 12.2 Å². The van der Waals surface area contributed by atoms with Crippen molar-refractivity contribution in [2.24, 2.45) is 0 Å². The van der Waals surface area contributed by atoms with Crippen LogP contribution in [0.3, 0.4) is 0 Å². The number of hydrogen-bond acceptors (Lipinski definition) is 10. The Morgan fingerprint density at radius 1 is 0.542 bits per heavy atom. The second-order valence-corrected chi connectivity index (χ2v) is 22.7. The quantitative estimate of drug-likeness (QED) is 0.0193. The van der Waals surface area contributed by atoms with Crippen molar-refractivity contribution in [2.45, 2.75) is 346 Å². The molecule has 1 saturated heterocycles. The summed E-state index contributed by atoms with van der Waals surface area (Å²) >= 11 is 0. The molecule has 6 N–H and O–H groups in total. The van der Waals surface area contributed by atoms with Crippen LogP contribution in [-0.4, -0.2) is 95.4 Å². The van der Waals surface area contributed by atoms with E-state index in [0.717, 1.165) is 51.4 Å². The molecule has 1 rings (SSSR count). The first kappa shape index (κ1) is 68.9. The maximum Gasteiger partial charge on any atom is 0.397 e. The predicted molar refractivity (Wildman–Crippen MR) is 296 cm³/mol. The first-order chi connectivity index (χ1) is 35.0. The van der Waals surface area contributed by atoms with Gasteiger partial charge in [-0.25, -0.2) is 4.18 Å². The fourth-order valence-electron chi connectivity index (χ4n) is 10.1. The van der Waals surface area contributed by atoms with Gasteiger partial charge < -0.3 is 35.2 Å². The highest BCUT2D eigenvalue weighted by molar-refractivity contribution is 7.80. The summed E-state index contributed by atoms with van der Waals surface area (Å²) in [4.78, 5) is 13.2. The van der Waals surface area contributed by atoms with Crippen LogP contribution in [0.4, 0.5) is 0 Å². The number of allylic oxidation sites excluding steroid dienone is 2. The van der Waals surface area contributed by atoms with Gasteiger partial charge in [-0.3, -0.25) is 9.35 Å². The van der Waals surface area contributed by atoms with E-state index in [2.05, 4.69) is 35.5 Å². The molecular weight excluding hydrogens is 931 g/mol. The number of carbonyl (C=O) groups is 1. The number of nitrogens with one attached hydrogen (secondary N) is 1. The van der Waals surface area contributed by atoms with Gasteiger partial charge in [-0.15, -0.1) is 0 Å². The molecule has 0 bridgehead atoms. The molecule has 0 aromatic heterocycles. The molecule has 1 heterocycles. The summed E-state index contributed by atoms with van der Waals surface area (Å²) in [6.45, 7) is 3.50. The van der Waals surface area contributed by atoms with Crippen molar-refractivity contribution < 1.29 is 51.8 Å². The van der Waals surface area contributed by atoms with E-state index in [4.69, 9.17) is 9.47 Å². The number of carbonyl (C=O) groups excluding carboxylic acids is 1. The minimum Gasteiger partial charge on any atom is -0.394 e. The lowest BCUT2D eigenvalue weighted by atomic mass is 9.99. The summed E-state index contributed by atoms with van der Waals surface area (Å²) in [6, 6.07) is -0.857. The van der Waals surface area contributed by atoms with Gasteiger partial charge in [-0.1, -0.05) is 270 Å². The van der Waals surface area contributed by atoms with Crippen molar-refractivity contribution in [3.8, 4) is 0 Å². The average Bonchev–Trinajstić information content (AvgIpc) is 3.36. The van der Waals surface area contributed by atoms with Gasteiger partial charge in [-0.05, 0) is 38.5 Å². The van der Waals surface area contributed by atoms with E-state index in [1.807, 2.05) is 0 Å². The Kier molecular flexibility index (Phi) is 47.3. The van der Waals surface area contributed by atoms with Gasteiger partial charge in [0.2, 0.25) is 5.91 Å². The van der Waals surface area contributed by atoms with Crippen LogP contribution >= 0.6 is 0 Å². The molecule has 1 aliphatic rings. The van der Waals surface area contributed by atoms with Crippen LogP contribution in [0.5, 0.6) is 0 Å². The van der Waals surface area contributed by atoms with Crippen molar-refractivity contribution in [1.29, 1.82) is 0 Å². The lowest BCUT2D eigenvalue weighted by molar-refractivity contribution is -0.298. The third-order valence-corrected chi connectivity index (χ3v) is 15.3. The van der Waals surface area contributed by atoms with Crippen LogP contribution in [0.25, 0.3) is 0 Å². The molecule has 0 aromatic carbocycles. The third-order valence-electron chi connectivity index (χ3n) is 14.8. The number of unbranched alkanes of at least 4 members (excludes halogenated alkanes) is 40. The molecule has 12 nitrogen and oxygen atoms in total. The molecule has 72 heavy (non-hydrogen) atoms. The second kappa shape index (κ2) is 49.4. The first-order valence-corrected chi connectivity index (χ1v) is 31.9. The largest absolute Gasteiger partial charge is 0.397 e. The highest BCUT2D eigenvalue weighted by atomic mass is 32.3. The number of hydrogen-bond donors (Lipinski definition) is 6. The molecule has 7 unspecified atom stereocenters. The van der Waals surface area contributed by atoms with Crippen molar-refractivity contribution >= 4 is 16.3 Å². The summed E-state index contributed by atoms with van der Waals surface area (Å²) < 4.78 is 48.0. The van der Waals surface area contributed by atoms with E-state index in [1.165, 1.54) is 225 Å². The van der Waals surface area contributed by atoms with Gasteiger partial charge in [0.05, 0.1) is 25.4 Å². The Balaban J connectivity index is 2.31. The average molecular weight is 1050 g/mol. The molecule has 13 heteroatoms. The monoisotopic (exact) mass is 1050 g/mol. The van der Waals surface area contributed by atoms with Crippen molar-refractivity contribution in [2.75, 3.05) is 13.2 Å². The van der Waals surface area contributed by atoms with E-state index in [-0.39, 0.29) is 12.5 Å². The fourth-order valence-corrected chi connectivity index (χ4v) is 10.6. The van der Waals surface area contributed by atoms with Gasteiger partial charge in [0.25, 0.3) is 0 Å². The molecule has 0 spiro atoms. The molecule has 428 valence electrons. The molecule has 1 fully saturated rings. The molecule has 0 radical (unpaired) electrons. The minimum absolute atomic E-state index is 0.226. The Morgan fingerprint density at radius 3 is 1.25 bits per heavy atom. The Morgan fingerprint density at radius 2 is 0.889 bits per heavy atom. The topological polar surface area (TPSA) is 192 Å². The number of amides is 1.